The van der Waals surface area contributed by atoms with Crippen molar-refractivity contribution < 1.29 is 14.7 Å². The average molecular weight is 229 g/mol. The van der Waals surface area contributed by atoms with Crippen LogP contribution < -0.4 is 0 Å². The van der Waals surface area contributed by atoms with E-state index in [4.69, 9.17) is 5.11 Å². The summed E-state index contributed by atoms with van der Waals surface area (Å²) in [6, 6.07) is 0. The van der Waals surface area contributed by atoms with E-state index in [1.165, 1.54) is 0 Å². The topological polar surface area (TPSA) is 57.6 Å². The van der Waals surface area contributed by atoms with Crippen LogP contribution in [0.25, 0.3) is 0 Å². The van der Waals surface area contributed by atoms with E-state index in [9.17, 15) is 9.59 Å². The van der Waals surface area contributed by atoms with Crippen molar-refractivity contribution in [3.63, 3.8) is 0 Å². The maximum atomic E-state index is 11.8. The summed E-state index contributed by atoms with van der Waals surface area (Å²) in [5.41, 5.74) is 0. The number of hydrogen-bond acceptors (Lipinski definition) is 2. The minimum absolute atomic E-state index is 0.0595. The lowest BCUT2D eigenvalue weighted by Crippen LogP contribution is -2.36. The standard InChI is InChI=1S/C12H23NO3/c1-5-13(8-10(4)12(15)16)11(14)7-6-9(2)3/h9-10H,5-8H2,1-4H3,(H,15,16). The fraction of sp³-hybridized carbons (Fsp3) is 0.833. The highest BCUT2D eigenvalue weighted by atomic mass is 16.4. The van der Waals surface area contributed by atoms with E-state index in [1.807, 2.05) is 6.92 Å². The third kappa shape index (κ3) is 5.73. The lowest BCUT2D eigenvalue weighted by molar-refractivity contribution is -0.143. The van der Waals surface area contributed by atoms with Crippen LogP contribution in [0.2, 0.25) is 0 Å². The Bertz CT molecular complexity index is 238. The predicted octanol–water partition coefficient (Wildman–Crippen LogP) is 1.99. The van der Waals surface area contributed by atoms with Crippen LogP contribution >= 0.6 is 0 Å². The molecule has 4 heteroatoms. The Hall–Kier alpha value is -1.06. The van der Waals surface area contributed by atoms with Crippen LogP contribution in [0.3, 0.4) is 0 Å². The van der Waals surface area contributed by atoms with Gasteiger partial charge in [-0.15, -0.1) is 0 Å². The molecular formula is C12H23NO3. The van der Waals surface area contributed by atoms with Gasteiger partial charge in [0.2, 0.25) is 5.91 Å². The molecule has 0 radical (unpaired) electrons. The number of carboxylic acid groups (broad SMARTS) is 1. The van der Waals surface area contributed by atoms with E-state index in [-0.39, 0.29) is 5.91 Å². The minimum Gasteiger partial charge on any atom is -0.481 e. The van der Waals surface area contributed by atoms with Crippen molar-refractivity contribution in [3.05, 3.63) is 0 Å². The molecular weight excluding hydrogens is 206 g/mol. The molecule has 1 unspecified atom stereocenters. The van der Waals surface area contributed by atoms with Gasteiger partial charge in [0.1, 0.15) is 0 Å². The Morgan fingerprint density at radius 3 is 2.19 bits per heavy atom. The summed E-state index contributed by atoms with van der Waals surface area (Å²) in [5.74, 6) is -0.790. The van der Waals surface area contributed by atoms with Gasteiger partial charge in [-0.1, -0.05) is 20.8 Å². The zero-order valence-corrected chi connectivity index (χ0v) is 10.7. The second kappa shape index (κ2) is 7.25. The zero-order valence-electron chi connectivity index (χ0n) is 10.7. The largest absolute Gasteiger partial charge is 0.481 e. The van der Waals surface area contributed by atoms with Gasteiger partial charge in [-0.25, -0.2) is 0 Å². The fourth-order valence-corrected chi connectivity index (χ4v) is 1.39. The van der Waals surface area contributed by atoms with Gasteiger partial charge in [0, 0.05) is 19.5 Å². The molecule has 1 N–H and O–H groups in total. The Kier molecular flexibility index (Phi) is 6.77. The lowest BCUT2D eigenvalue weighted by Gasteiger charge is -2.23. The number of nitrogens with zero attached hydrogens (tertiary/aromatic N) is 1. The molecule has 16 heavy (non-hydrogen) atoms. The summed E-state index contributed by atoms with van der Waals surface area (Å²) in [6.45, 7) is 8.53. The normalized spacial score (nSPS) is 12.6. The first-order valence-corrected chi connectivity index (χ1v) is 5.89. The molecule has 0 aromatic rings. The van der Waals surface area contributed by atoms with Crippen molar-refractivity contribution in [1.82, 2.24) is 4.90 Å². The van der Waals surface area contributed by atoms with Gasteiger partial charge in [0.15, 0.2) is 0 Å². The molecule has 0 aliphatic rings. The number of carbonyl (C=O) groups is 2. The van der Waals surface area contributed by atoms with Crippen molar-refractivity contribution >= 4 is 11.9 Å². The van der Waals surface area contributed by atoms with Gasteiger partial charge in [-0.2, -0.15) is 0 Å². The number of rotatable bonds is 7. The molecule has 0 saturated heterocycles. The third-order valence-electron chi connectivity index (χ3n) is 2.59. The van der Waals surface area contributed by atoms with Crippen molar-refractivity contribution in [2.45, 2.75) is 40.5 Å². The number of carbonyl (C=O) groups excluding carboxylic acids is 1. The highest BCUT2D eigenvalue weighted by Gasteiger charge is 2.18. The van der Waals surface area contributed by atoms with Crippen molar-refractivity contribution in [2.75, 3.05) is 13.1 Å². The molecule has 0 bridgehead atoms. The molecule has 94 valence electrons. The smallest absolute Gasteiger partial charge is 0.308 e. The van der Waals surface area contributed by atoms with Crippen molar-refractivity contribution in [3.8, 4) is 0 Å². The van der Waals surface area contributed by atoms with Crippen molar-refractivity contribution in [2.24, 2.45) is 11.8 Å². The summed E-state index contributed by atoms with van der Waals surface area (Å²) >= 11 is 0. The van der Waals surface area contributed by atoms with E-state index in [1.54, 1.807) is 11.8 Å². The third-order valence-corrected chi connectivity index (χ3v) is 2.59. The quantitative estimate of drug-likeness (QED) is 0.726. The maximum absolute atomic E-state index is 11.8. The predicted molar refractivity (Wildman–Crippen MR) is 63.1 cm³/mol. The van der Waals surface area contributed by atoms with Gasteiger partial charge in [-0.05, 0) is 19.3 Å². The van der Waals surface area contributed by atoms with Crippen molar-refractivity contribution in [1.29, 1.82) is 0 Å². The highest BCUT2D eigenvalue weighted by molar-refractivity contribution is 5.77. The summed E-state index contributed by atoms with van der Waals surface area (Å²) in [6.07, 6.45) is 1.37. The van der Waals surface area contributed by atoms with Gasteiger partial charge in [-0.3, -0.25) is 9.59 Å². The molecule has 0 aromatic carbocycles. The summed E-state index contributed by atoms with van der Waals surface area (Å²) in [4.78, 5) is 24.1. The van der Waals surface area contributed by atoms with E-state index >= 15 is 0 Å². The van der Waals surface area contributed by atoms with Crippen LogP contribution in [-0.4, -0.2) is 35.0 Å². The molecule has 1 amide bonds. The van der Waals surface area contributed by atoms with E-state index in [0.717, 1.165) is 6.42 Å². The summed E-state index contributed by atoms with van der Waals surface area (Å²) in [5, 5.41) is 8.79. The Labute approximate surface area is 97.6 Å². The molecule has 0 aromatic heterocycles. The summed E-state index contributed by atoms with van der Waals surface area (Å²) in [7, 11) is 0. The average Bonchev–Trinajstić information content (AvgIpc) is 2.21. The minimum atomic E-state index is -0.852. The van der Waals surface area contributed by atoms with Crippen LogP contribution in [0, 0.1) is 11.8 Å². The molecule has 1 atom stereocenters. The molecule has 0 rings (SSSR count). The Morgan fingerprint density at radius 2 is 1.81 bits per heavy atom. The van der Waals surface area contributed by atoms with Gasteiger partial charge in [0.25, 0.3) is 0 Å². The number of carboxylic acids is 1. The molecule has 0 heterocycles. The monoisotopic (exact) mass is 229 g/mol. The molecule has 0 spiro atoms. The molecule has 0 aliphatic carbocycles. The molecule has 0 saturated carbocycles. The van der Waals surface area contributed by atoms with E-state index < -0.39 is 11.9 Å². The first kappa shape index (κ1) is 14.9. The van der Waals surface area contributed by atoms with Crippen LogP contribution in [-0.2, 0) is 9.59 Å². The zero-order chi connectivity index (χ0) is 12.7. The SMILES string of the molecule is CCN(CC(C)C(=O)O)C(=O)CCC(C)C. The van der Waals surface area contributed by atoms with Gasteiger partial charge in [0.05, 0.1) is 5.92 Å². The number of hydrogen-bond donors (Lipinski definition) is 1. The highest BCUT2D eigenvalue weighted by Crippen LogP contribution is 2.08. The summed E-state index contributed by atoms with van der Waals surface area (Å²) < 4.78 is 0. The molecule has 0 fully saturated rings. The van der Waals surface area contributed by atoms with Gasteiger partial charge >= 0.3 is 5.97 Å². The second-order valence-corrected chi connectivity index (χ2v) is 4.60. The number of aliphatic carboxylic acids is 1. The Morgan fingerprint density at radius 1 is 1.25 bits per heavy atom. The maximum Gasteiger partial charge on any atom is 0.308 e. The fourth-order valence-electron chi connectivity index (χ4n) is 1.39. The van der Waals surface area contributed by atoms with E-state index in [2.05, 4.69) is 13.8 Å². The molecule has 0 aliphatic heterocycles. The first-order valence-electron chi connectivity index (χ1n) is 5.89. The van der Waals surface area contributed by atoms with E-state index in [0.29, 0.717) is 25.4 Å². The van der Waals surface area contributed by atoms with Crippen LogP contribution in [0.4, 0.5) is 0 Å². The molecule has 4 nitrogen and oxygen atoms in total. The second-order valence-electron chi connectivity index (χ2n) is 4.60. The lowest BCUT2D eigenvalue weighted by atomic mass is 10.1. The van der Waals surface area contributed by atoms with Crippen LogP contribution in [0.1, 0.15) is 40.5 Å². The number of amides is 1. The van der Waals surface area contributed by atoms with Crippen LogP contribution in [0.5, 0.6) is 0 Å². The van der Waals surface area contributed by atoms with Crippen LogP contribution in [0.15, 0.2) is 0 Å². The first-order chi connectivity index (χ1) is 7.38. The van der Waals surface area contributed by atoms with Gasteiger partial charge < -0.3 is 10.0 Å². The Balaban J connectivity index is 4.16.